The number of nitriles is 1. The lowest BCUT2D eigenvalue weighted by Crippen LogP contribution is -2.60. The number of carbonyl (C=O) groups excluding carboxylic acids is 2. The summed E-state index contributed by atoms with van der Waals surface area (Å²) < 4.78 is 1.66. The minimum Gasteiger partial charge on any atom is -0.350 e. The molecule has 3 rings (SSSR count). The van der Waals surface area contributed by atoms with E-state index in [9.17, 15) is 14.9 Å². The number of fused-ring (bicyclic) bond motifs is 1. The van der Waals surface area contributed by atoms with E-state index >= 15 is 0 Å². The highest BCUT2D eigenvalue weighted by atomic mass is 16.1. The maximum absolute atomic E-state index is 12.8. The van der Waals surface area contributed by atoms with Gasteiger partial charge < -0.3 is 10.1 Å². The first-order valence-corrected chi connectivity index (χ1v) is 9.76. The Morgan fingerprint density at radius 2 is 2.24 bits per heavy atom. The number of rotatable bonds is 7. The van der Waals surface area contributed by atoms with E-state index in [0.717, 1.165) is 31.4 Å². The molecule has 0 aliphatic carbocycles. The summed E-state index contributed by atoms with van der Waals surface area (Å²) >= 11 is 0. The monoisotopic (exact) mass is 397 g/mol. The Balaban J connectivity index is 1.76. The van der Waals surface area contributed by atoms with Crippen molar-refractivity contribution in [3.8, 4) is 6.07 Å². The third-order valence-electron chi connectivity index (χ3n) is 5.40. The first-order chi connectivity index (χ1) is 13.8. The number of aryl methyl sites for hydroxylation is 2. The van der Waals surface area contributed by atoms with Crippen LogP contribution >= 0.6 is 0 Å². The Bertz CT molecular complexity index is 960. The van der Waals surface area contributed by atoms with Crippen molar-refractivity contribution in [3.05, 3.63) is 29.2 Å². The fourth-order valence-electron chi connectivity index (χ4n) is 3.81. The van der Waals surface area contributed by atoms with Crippen LogP contribution in [0, 0.1) is 25.2 Å². The van der Waals surface area contributed by atoms with Crippen molar-refractivity contribution in [1.29, 1.82) is 5.26 Å². The lowest BCUT2D eigenvalue weighted by Gasteiger charge is -2.44. The Kier molecular flexibility index (Phi) is 5.96. The van der Waals surface area contributed by atoms with E-state index in [1.54, 1.807) is 10.7 Å². The summed E-state index contributed by atoms with van der Waals surface area (Å²) in [5.74, 6) is -0.248. The molecule has 1 N–H and O–H groups in total. The number of carbonyl (C=O) groups is 2. The van der Waals surface area contributed by atoms with Gasteiger partial charge in [0.15, 0.2) is 5.65 Å². The zero-order valence-electron chi connectivity index (χ0n) is 17.3. The van der Waals surface area contributed by atoms with Crippen LogP contribution in [0.3, 0.4) is 0 Å². The fourth-order valence-corrected chi connectivity index (χ4v) is 3.81. The highest BCUT2D eigenvalue weighted by molar-refractivity contribution is 5.95. The van der Waals surface area contributed by atoms with Gasteiger partial charge in [-0.15, -0.1) is 0 Å². The first-order valence-electron chi connectivity index (χ1n) is 9.76. The van der Waals surface area contributed by atoms with Crippen LogP contribution in [-0.2, 0) is 4.79 Å². The number of hydrogen-bond acceptors (Lipinski definition) is 7. The summed E-state index contributed by atoms with van der Waals surface area (Å²) in [5, 5.41) is 20.6. The van der Waals surface area contributed by atoms with Gasteiger partial charge in [-0.25, -0.2) is 19.5 Å². The largest absolute Gasteiger partial charge is 0.350 e. The highest BCUT2D eigenvalue weighted by Gasteiger charge is 2.37. The average Bonchev–Trinajstić information content (AvgIpc) is 3.30. The van der Waals surface area contributed by atoms with E-state index in [2.05, 4.69) is 21.5 Å². The predicted molar refractivity (Wildman–Crippen MR) is 107 cm³/mol. The predicted octanol–water partition coefficient (Wildman–Crippen LogP) is 1.26. The van der Waals surface area contributed by atoms with Gasteiger partial charge >= 0.3 is 0 Å². The van der Waals surface area contributed by atoms with E-state index < -0.39 is 5.54 Å². The van der Waals surface area contributed by atoms with Gasteiger partial charge in [0, 0.05) is 30.9 Å². The van der Waals surface area contributed by atoms with Crippen LogP contribution in [-0.4, -0.2) is 68.0 Å². The molecule has 0 aromatic carbocycles. The lowest BCUT2D eigenvalue weighted by atomic mass is 10.0. The summed E-state index contributed by atoms with van der Waals surface area (Å²) in [7, 11) is 0. The van der Waals surface area contributed by atoms with Crippen molar-refractivity contribution < 1.29 is 9.59 Å². The molecular weight excluding hydrogens is 370 g/mol. The molecule has 29 heavy (non-hydrogen) atoms. The standard InChI is InChI=1S/C20H27N7O2/c1-14-10-18-22-12-17(15(2)27(18)24-14)19(29)23-13-20(3,4)26(8-9-28)25-7-5-6-16(25)11-21/h9-10,12,16H,5-8,13H2,1-4H3,(H,23,29)/t16-/m0/s1. The first kappa shape index (κ1) is 20.9. The van der Waals surface area contributed by atoms with Gasteiger partial charge in [0.25, 0.3) is 5.91 Å². The Morgan fingerprint density at radius 1 is 1.48 bits per heavy atom. The van der Waals surface area contributed by atoms with Gasteiger partial charge in [0.05, 0.1) is 29.6 Å². The molecule has 1 aliphatic rings. The van der Waals surface area contributed by atoms with Crippen LogP contribution in [0.15, 0.2) is 12.3 Å². The quantitative estimate of drug-likeness (QED) is 0.701. The van der Waals surface area contributed by atoms with Crippen LogP contribution in [0.2, 0.25) is 0 Å². The second-order valence-corrected chi connectivity index (χ2v) is 8.01. The molecule has 2 aromatic rings. The molecule has 0 bridgehead atoms. The van der Waals surface area contributed by atoms with Gasteiger partial charge in [-0.1, -0.05) is 0 Å². The number of aromatic nitrogens is 3. The maximum Gasteiger partial charge on any atom is 0.254 e. The van der Waals surface area contributed by atoms with Crippen LogP contribution in [0.1, 0.15) is 48.4 Å². The van der Waals surface area contributed by atoms with Gasteiger partial charge in [0.2, 0.25) is 0 Å². The number of nitrogens with one attached hydrogen (secondary N) is 1. The van der Waals surface area contributed by atoms with Gasteiger partial charge in [-0.3, -0.25) is 4.79 Å². The molecule has 0 spiro atoms. The van der Waals surface area contributed by atoms with Crippen molar-refractivity contribution in [2.75, 3.05) is 19.6 Å². The van der Waals surface area contributed by atoms with E-state index in [0.29, 0.717) is 23.4 Å². The molecule has 1 fully saturated rings. The molecule has 154 valence electrons. The van der Waals surface area contributed by atoms with Gasteiger partial charge in [0.1, 0.15) is 12.3 Å². The molecule has 1 aliphatic heterocycles. The number of aldehydes is 1. The molecule has 0 radical (unpaired) electrons. The molecule has 1 atom stereocenters. The second kappa shape index (κ2) is 8.27. The molecule has 0 saturated carbocycles. The molecule has 9 nitrogen and oxygen atoms in total. The number of nitrogens with zero attached hydrogens (tertiary/aromatic N) is 6. The molecule has 1 amide bonds. The van der Waals surface area contributed by atoms with Gasteiger partial charge in [-0.2, -0.15) is 10.4 Å². The fraction of sp³-hybridized carbons (Fsp3) is 0.550. The third-order valence-corrected chi connectivity index (χ3v) is 5.40. The molecular formula is C20H27N7O2. The molecule has 9 heteroatoms. The molecule has 1 saturated heterocycles. The van der Waals surface area contributed by atoms with Crippen molar-refractivity contribution in [1.82, 2.24) is 29.9 Å². The smallest absolute Gasteiger partial charge is 0.254 e. The number of amides is 1. The Labute approximate surface area is 170 Å². The van der Waals surface area contributed by atoms with Crippen LogP contribution in [0.25, 0.3) is 5.65 Å². The summed E-state index contributed by atoms with van der Waals surface area (Å²) in [6.45, 7) is 8.82. The summed E-state index contributed by atoms with van der Waals surface area (Å²) in [6, 6.07) is 3.91. The van der Waals surface area contributed by atoms with Crippen molar-refractivity contribution in [2.45, 2.75) is 52.1 Å². The lowest BCUT2D eigenvalue weighted by molar-refractivity contribution is -0.125. The minimum atomic E-state index is -0.552. The van der Waals surface area contributed by atoms with Gasteiger partial charge in [-0.05, 0) is 40.5 Å². The minimum absolute atomic E-state index is 0.167. The summed E-state index contributed by atoms with van der Waals surface area (Å²) in [5.41, 5.74) is 2.15. The summed E-state index contributed by atoms with van der Waals surface area (Å²) in [4.78, 5) is 28.4. The Hall–Kier alpha value is -2.83. The molecule has 3 heterocycles. The number of hydrazine groups is 1. The zero-order valence-corrected chi connectivity index (χ0v) is 17.3. The molecule has 2 aromatic heterocycles. The van der Waals surface area contributed by atoms with Crippen molar-refractivity contribution in [2.24, 2.45) is 0 Å². The maximum atomic E-state index is 12.8. The summed E-state index contributed by atoms with van der Waals surface area (Å²) in [6.07, 6.45) is 4.08. The van der Waals surface area contributed by atoms with E-state index in [4.69, 9.17) is 0 Å². The second-order valence-electron chi connectivity index (χ2n) is 8.01. The van der Waals surface area contributed by atoms with Crippen molar-refractivity contribution in [3.63, 3.8) is 0 Å². The Morgan fingerprint density at radius 3 is 2.93 bits per heavy atom. The van der Waals surface area contributed by atoms with Crippen LogP contribution in [0.5, 0.6) is 0 Å². The topological polar surface area (TPSA) is 107 Å². The van der Waals surface area contributed by atoms with Crippen LogP contribution in [0.4, 0.5) is 0 Å². The zero-order chi connectivity index (χ0) is 21.2. The van der Waals surface area contributed by atoms with Crippen molar-refractivity contribution >= 4 is 17.8 Å². The normalized spacial score (nSPS) is 17.6. The third kappa shape index (κ3) is 4.13. The highest BCUT2D eigenvalue weighted by Crippen LogP contribution is 2.25. The van der Waals surface area contributed by atoms with E-state index in [-0.39, 0.29) is 18.5 Å². The molecule has 0 unspecified atom stereocenters. The SMILES string of the molecule is Cc1cc2ncc(C(=O)NCC(C)(C)N(CC=O)N3CCC[C@H]3C#N)c(C)n2n1. The van der Waals surface area contributed by atoms with Crippen LogP contribution < -0.4 is 5.32 Å². The average molecular weight is 397 g/mol. The van der Waals surface area contributed by atoms with E-state index in [1.165, 1.54) is 0 Å². The van der Waals surface area contributed by atoms with E-state index in [1.807, 2.05) is 43.8 Å². The number of hydrogen-bond donors (Lipinski definition) is 1.